The lowest BCUT2D eigenvalue weighted by atomic mass is 10.00. The Morgan fingerprint density at radius 2 is 1.96 bits per heavy atom. The zero-order valence-electron chi connectivity index (χ0n) is 15.1. The van der Waals surface area contributed by atoms with Crippen LogP contribution in [-0.2, 0) is 11.3 Å². The van der Waals surface area contributed by atoms with Crippen LogP contribution < -0.4 is 10.6 Å². The molecule has 1 fully saturated rings. The van der Waals surface area contributed by atoms with Crippen molar-refractivity contribution < 1.29 is 9.59 Å². The van der Waals surface area contributed by atoms with Crippen LogP contribution in [0.2, 0.25) is 0 Å². The number of hydrogen-bond donors (Lipinski definition) is 2. The minimum absolute atomic E-state index is 0.00701. The number of rotatable bonds is 5. The highest BCUT2D eigenvalue weighted by Crippen LogP contribution is 2.12. The van der Waals surface area contributed by atoms with Crippen molar-refractivity contribution in [2.45, 2.75) is 52.2 Å². The van der Waals surface area contributed by atoms with Gasteiger partial charge in [-0.25, -0.2) is 0 Å². The van der Waals surface area contributed by atoms with Gasteiger partial charge in [-0.2, -0.15) is 0 Å². The number of hydrogen-bond acceptors (Lipinski definition) is 3. The fourth-order valence-corrected chi connectivity index (χ4v) is 3.09. The summed E-state index contributed by atoms with van der Waals surface area (Å²) in [5, 5.41) is 6.50. The molecular weight excluding hydrogens is 302 g/mol. The fourth-order valence-electron chi connectivity index (χ4n) is 3.09. The average Bonchev–Trinajstić information content (AvgIpc) is 2.54. The van der Waals surface area contributed by atoms with Crippen LogP contribution in [0.15, 0.2) is 24.3 Å². The van der Waals surface area contributed by atoms with Crippen LogP contribution >= 0.6 is 0 Å². The largest absolute Gasteiger partial charge is 0.349 e. The summed E-state index contributed by atoms with van der Waals surface area (Å²) in [7, 11) is 1.81. The molecule has 5 nitrogen and oxygen atoms in total. The number of nitrogens with one attached hydrogen (secondary N) is 2. The summed E-state index contributed by atoms with van der Waals surface area (Å²) in [6, 6.07) is 8.20. The maximum atomic E-state index is 12.4. The van der Waals surface area contributed by atoms with Crippen LogP contribution in [0.25, 0.3) is 0 Å². The highest BCUT2D eigenvalue weighted by atomic mass is 16.2. The second kappa shape index (κ2) is 8.29. The Hall–Kier alpha value is -1.88. The second-order valence-electron chi connectivity index (χ2n) is 7.10. The van der Waals surface area contributed by atoms with Crippen molar-refractivity contribution in [1.82, 2.24) is 15.5 Å². The van der Waals surface area contributed by atoms with Gasteiger partial charge in [0.1, 0.15) is 0 Å². The summed E-state index contributed by atoms with van der Waals surface area (Å²) in [5.41, 5.74) is 1.70. The van der Waals surface area contributed by atoms with Crippen molar-refractivity contribution in [2.75, 3.05) is 13.6 Å². The van der Waals surface area contributed by atoms with Crippen molar-refractivity contribution in [3.05, 3.63) is 35.4 Å². The molecule has 0 bridgehead atoms. The van der Waals surface area contributed by atoms with Crippen molar-refractivity contribution in [3.63, 3.8) is 0 Å². The molecule has 0 saturated carbocycles. The number of amides is 2. The van der Waals surface area contributed by atoms with E-state index in [0.717, 1.165) is 24.9 Å². The van der Waals surface area contributed by atoms with Crippen molar-refractivity contribution >= 4 is 11.8 Å². The Bertz CT molecular complexity index is 568. The topological polar surface area (TPSA) is 61.4 Å². The van der Waals surface area contributed by atoms with E-state index in [1.165, 1.54) is 0 Å². The molecule has 0 radical (unpaired) electrons. The number of piperidine rings is 1. The molecule has 2 atom stereocenters. The molecule has 5 heteroatoms. The Morgan fingerprint density at radius 1 is 1.29 bits per heavy atom. The molecule has 2 unspecified atom stereocenters. The molecule has 24 heavy (non-hydrogen) atoms. The fraction of sp³-hybridized carbons (Fsp3) is 0.579. The maximum absolute atomic E-state index is 12.4. The minimum atomic E-state index is -0.0211. The quantitative estimate of drug-likeness (QED) is 0.869. The lowest BCUT2D eigenvalue weighted by Gasteiger charge is -2.28. The van der Waals surface area contributed by atoms with Gasteiger partial charge in [-0.15, -0.1) is 0 Å². The van der Waals surface area contributed by atoms with Crippen molar-refractivity contribution in [1.29, 1.82) is 0 Å². The first-order valence-electron chi connectivity index (χ1n) is 8.75. The Balaban J connectivity index is 1.91. The molecule has 1 aromatic rings. The normalized spacial score (nSPS) is 20.7. The van der Waals surface area contributed by atoms with Gasteiger partial charge in [-0.3, -0.25) is 9.59 Å². The van der Waals surface area contributed by atoms with E-state index in [4.69, 9.17) is 0 Å². The van der Waals surface area contributed by atoms with Crippen LogP contribution in [0.1, 0.15) is 49.5 Å². The summed E-state index contributed by atoms with van der Waals surface area (Å²) >= 11 is 0. The SMILES string of the molecule is CC1CC(NC(=O)c2ccc(CN(C)C(=O)C(C)C)cc2)CCN1. The smallest absolute Gasteiger partial charge is 0.251 e. The standard InChI is InChI=1S/C19H29N3O2/c1-13(2)19(24)22(4)12-15-5-7-16(8-6-15)18(23)21-17-9-10-20-14(3)11-17/h5-8,13-14,17,20H,9-12H2,1-4H3,(H,21,23). The first kappa shape index (κ1) is 18.5. The molecule has 0 aromatic heterocycles. The van der Waals surface area contributed by atoms with E-state index in [9.17, 15) is 9.59 Å². The van der Waals surface area contributed by atoms with E-state index in [0.29, 0.717) is 18.2 Å². The number of carbonyl (C=O) groups is 2. The monoisotopic (exact) mass is 331 g/mol. The summed E-state index contributed by atoms with van der Waals surface area (Å²) in [5.74, 6) is 0.0940. The predicted molar refractivity (Wildman–Crippen MR) is 95.7 cm³/mol. The van der Waals surface area contributed by atoms with Gasteiger partial charge in [0.25, 0.3) is 5.91 Å². The third kappa shape index (κ3) is 5.06. The van der Waals surface area contributed by atoms with E-state index in [1.807, 2.05) is 38.1 Å². The Kier molecular flexibility index (Phi) is 6.37. The number of benzene rings is 1. The molecule has 0 spiro atoms. The summed E-state index contributed by atoms with van der Waals surface area (Å²) in [4.78, 5) is 26.0. The molecule has 1 saturated heterocycles. The molecule has 2 amide bonds. The van der Waals surface area contributed by atoms with Gasteiger partial charge < -0.3 is 15.5 Å². The summed E-state index contributed by atoms with van der Waals surface area (Å²) < 4.78 is 0. The van der Waals surface area contributed by atoms with Crippen LogP contribution in [0.3, 0.4) is 0 Å². The molecule has 1 heterocycles. The molecule has 0 aliphatic carbocycles. The van der Waals surface area contributed by atoms with E-state index in [2.05, 4.69) is 17.6 Å². The molecule has 1 aliphatic heterocycles. The van der Waals surface area contributed by atoms with Gasteiger partial charge in [0, 0.05) is 37.2 Å². The molecule has 2 N–H and O–H groups in total. The maximum Gasteiger partial charge on any atom is 0.251 e. The van der Waals surface area contributed by atoms with Gasteiger partial charge in [0.05, 0.1) is 0 Å². The summed E-state index contributed by atoms with van der Waals surface area (Å²) in [6.07, 6.45) is 1.93. The lowest BCUT2D eigenvalue weighted by molar-refractivity contribution is -0.133. The predicted octanol–water partition coefficient (Wildman–Crippen LogP) is 2.17. The van der Waals surface area contributed by atoms with E-state index in [1.54, 1.807) is 11.9 Å². The Labute approximate surface area is 144 Å². The van der Waals surface area contributed by atoms with E-state index >= 15 is 0 Å². The van der Waals surface area contributed by atoms with Crippen LogP contribution in [0.5, 0.6) is 0 Å². The van der Waals surface area contributed by atoms with E-state index in [-0.39, 0.29) is 23.8 Å². The molecule has 1 aliphatic rings. The van der Waals surface area contributed by atoms with Crippen molar-refractivity contribution in [3.8, 4) is 0 Å². The summed E-state index contributed by atoms with van der Waals surface area (Å²) in [6.45, 7) is 7.44. The van der Waals surface area contributed by atoms with E-state index < -0.39 is 0 Å². The van der Waals surface area contributed by atoms with Gasteiger partial charge in [0.2, 0.25) is 5.91 Å². The van der Waals surface area contributed by atoms with Gasteiger partial charge in [-0.1, -0.05) is 26.0 Å². The first-order chi connectivity index (χ1) is 11.4. The number of nitrogens with zero attached hydrogens (tertiary/aromatic N) is 1. The average molecular weight is 331 g/mol. The number of carbonyl (C=O) groups excluding carboxylic acids is 2. The van der Waals surface area contributed by atoms with Gasteiger partial charge in [0.15, 0.2) is 0 Å². The minimum Gasteiger partial charge on any atom is -0.349 e. The van der Waals surface area contributed by atoms with Gasteiger partial charge in [-0.05, 0) is 44.0 Å². The van der Waals surface area contributed by atoms with Crippen LogP contribution in [0.4, 0.5) is 0 Å². The lowest BCUT2D eigenvalue weighted by Crippen LogP contribution is -2.46. The van der Waals surface area contributed by atoms with Crippen LogP contribution in [0, 0.1) is 5.92 Å². The third-order valence-electron chi connectivity index (χ3n) is 4.46. The second-order valence-corrected chi connectivity index (χ2v) is 7.10. The Morgan fingerprint density at radius 3 is 2.54 bits per heavy atom. The molecule has 1 aromatic carbocycles. The molecular formula is C19H29N3O2. The van der Waals surface area contributed by atoms with Crippen molar-refractivity contribution in [2.24, 2.45) is 5.92 Å². The molecule has 2 rings (SSSR count). The first-order valence-corrected chi connectivity index (χ1v) is 8.75. The van der Waals surface area contributed by atoms with Gasteiger partial charge >= 0.3 is 0 Å². The zero-order chi connectivity index (χ0) is 17.7. The molecule has 132 valence electrons. The highest BCUT2D eigenvalue weighted by Gasteiger charge is 2.20. The zero-order valence-corrected chi connectivity index (χ0v) is 15.1. The highest BCUT2D eigenvalue weighted by molar-refractivity contribution is 5.94. The van der Waals surface area contributed by atoms with Crippen LogP contribution in [-0.4, -0.2) is 42.4 Å². The third-order valence-corrected chi connectivity index (χ3v) is 4.46.